The van der Waals surface area contributed by atoms with Crippen LogP contribution in [0.15, 0.2) is 43.4 Å². The van der Waals surface area contributed by atoms with Gasteiger partial charge in [0.05, 0.1) is 17.0 Å². The first-order valence-corrected chi connectivity index (χ1v) is 9.15. The molecule has 3 heterocycles. The third-order valence-electron chi connectivity index (χ3n) is 5.43. The first-order chi connectivity index (χ1) is 13.7. The number of hydrogen-bond acceptors (Lipinski definition) is 5. The Morgan fingerprint density at radius 1 is 0.759 bits per heavy atom. The molecule has 0 aliphatic carbocycles. The van der Waals surface area contributed by atoms with Gasteiger partial charge >= 0.3 is 11.4 Å². The maximum Gasteiger partial charge on any atom is 0.332 e. The molecule has 29 heavy (non-hydrogen) atoms. The van der Waals surface area contributed by atoms with Gasteiger partial charge in [0.2, 0.25) is 0 Å². The smallest absolute Gasteiger partial charge is 0.327 e. The lowest BCUT2D eigenvalue weighted by Gasteiger charge is -2.31. The quantitative estimate of drug-likeness (QED) is 0.484. The summed E-state index contributed by atoms with van der Waals surface area (Å²) >= 11 is 6.44. The van der Waals surface area contributed by atoms with Crippen LogP contribution in [0.25, 0.3) is 0 Å². The van der Waals surface area contributed by atoms with Crippen LogP contribution in [0.1, 0.15) is 22.6 Å². The molecule has 9 nitrogen and oxygen atoms in total. The summed E-state index contributed by atoms with van der Waals surface area (Å²) in [5.74, 6) is -0.413. The van der Waals surface area contributed by atoms with Gasteiger partial charge in [0.15, 0.2) is 0 Å². The average Bonchev–Trinajstić information content (AvgIpc) is 2.72. The minimum Gasteiger partial charge on any atom is -0.327 e. The normalized spacial score (nSPS) is 13.0. The molecule has 0 fully saturated rings. The average molecular weight is 416 g/mol. The maximum atomic E-state index is 13.1. The molecule has 0 atom stereocenters. The molecule has 2 aromatic heterocycles. The largest absolute Gasteiger partial charge is 0.332 e. The SMILES string of the molecule is Cn1c2c(c(=O)n(C)c1=O)C(c1ccccc1Cl)c1c(n(C)c(=O)n(C)c1=O)N2. The number of rotatable bonds is 1. The standard InChI is InChI=1S/C19H18ClN5O4/c1-22-14-12(16(26)24(3)18(22)28)11(9-7-5-6-8-10(9)20)13-15(21-14)23(2)19(29)25(4)17(13)27/h5-8,11,21H,1-4H3. The minimum absolute atomic E-state index is 0.214. The van der Waals surface area contributed by atoms with E-state index in [1.807, 2.05) is 0 Å². The van der Waals surface area contributed by atoms with Crippen molar-refractivity contribution in [2.24, 2.45) is 28.2 Å². The van der Waals surface area contributed by atoms with E-state index in [2.05, 4.69) is 5.32 Å². The summed E-state index contributed by atoms with van der Waals surface area (Å²) in [6.07, 6.45) is 0. The Morgan fingerprint density at radius 3 is 1.66 bits per heavy atom. The molecule has 0 saturated carbocycles. The number of aromatic nitrogens is 4. The molecule has 1 aliphatic heterocycles. The van der Waals surface area contributed by atoms with Crippen LogP contribution in [0.2, 0.25) is 5.02 Å². The second-order valence-electron chi connectivity index (χ2n) is 7.02. The van der Waals surface area contributed by atoms with Crippen molar-refractivity contribution in [1.29, 1.82) is 0 Å². The van der Waals surface area contributed by atoms with E-state index in [-0.39, 0.29) is 22.8 Å². The summed E-state index contributed by atoms with van der Waals surface area (Å²) < 4.78 is 4.54. The molecule has 150 valence electrons. The summed E-state index contributed by atoms with van der Waals surface area (Å²) in [5.41, 5.74) is -1.18. The lowest BCUT2D eigenvalue weighted by molar-refractivity contribution is 0.637. The predicted octanol–water partition coefficient (Wildman–Crippen LogP) is 0.372. The topological polar surface area (TPSA) is 100 Å². The van der Waals surface area contributed by atoms with Gasteiger partial charge in [-0.05, 0) is 11.6 Å². The van der Waals surface area contributed by atoms with Crippen LogP contribution in [0.3, 0.4) is 0 Å². The summed E-state index contributed by atoms with van der Waals surface area (Å²) in [4.78, 5) is 51.2. The Morgan fingerprint density at radius 2 is 1.21 bits per heavy atom. The van der Waals surface area contributed by atoms with Crippen molar-refractivity contribution in [2.75, 3.05) is 5.32 Å². The molecule has 10 heteroatoms. The van der Waals surface area contributed by atoms with E-state index in [0.717, 1.165) is 9.13 Å². The zero-order valence-electron chi connectivity index (χ0n) is 16.2. The third-order valence-corrected chi connectivity index (χ3v) is 5.77. The van der Waals surface area contributed by atoms with E-state index >= 15 is 0 Å². The van der Waals surface area contributed by atoms with Crippen molar-refractivity contribution in [2.45, 2.75) is 5.92 Å². The number of benzene rings is 1. The van der Waals surface area contributed by atoms with Crippen molar-refractivity contribution in [1.82, 2.24) is 18.3 Å². The molecule has 0 radical (unpaired) electrons. The zero-order valence-corrected chi connectivity index (χ0v) is 16.9. The van der Waals surface area contributed by atoms with Gasteiger partial charge in [-0.1, -0.05) is 29.8 Å². The van der Waals surface area contributed by atoms with Gasteiger partial charge < -0.3 is 5.32 Å². The number of nitrogens with one attached hydrogen (secondary N) is 1. The molecule has 1 aliphatic rings. The highest BCUT2D eigenvalue weighted by molar-refractivity contribution is 6.31. The fourth-order valence-corrected chi connectivity index (χ4v) is 4.08. The fraction of sp³-hybridized carbons (Fsp3) is 0.263. The van der Waals surface area contributed by atoms with Crippen LogP contribution in [0.5, 0.6) is 0 Å². The molecule has 0 spiro atoms. The highest BCUT2D eigenvalue weighted by Crippen LogP contribution is 2.42. The molecule has 1 aromatic carbocycles. The highest BCUT2D eigenvalue weighted by Gasteiger charge is 2.37. The molecule has 1 N–H and O–H groups in total. The number of hydrogen-bond donors (Lipinski definition) is 1. The van der Waals surface area contributed by atoms with E-state index in [9.17, 15) is 19.2 Å². The Kier molecular flexibility index (Phi) is 4.16. The molecule has 4 rings (SSSR count). The van der Waals surface area contributed by atoms with Gasteiger partial charge in [-0.3, -0.25) is 27.9 Å². The fourth-order valence-electron chi connectivity index (χ4n) is 3.84. The zero-order chi connectivity index (χ0) is 21.2. The summed E-state index contributed by atoms with van der Waals surface area (Å²) in [5, 5.41) is 3.33. The van der Waals surface area contributed by atoms with Crippen LogP contribution in [-0.2, 0) is 28.2 Å². The van der Waals surface area contributed by atoms with Crippen LogP contribution in [0, 0.1) is 0 Å². The van der Waals surface area contributed by atoms with E-state index in [0.29, 0.717) is 10.6 Å². The van der Waals surface area contributed by atoms with E-state index in [4.69, 9.17) is 11.6 Å². The molecular weight excluding hydrogens is 398 g/mol. The second-order valence-corrected chi connectivity index (χ2v) is 7.42. The summed E-state index contributed by atoms with van der Waals surface area (Å²) in [6.45, 7) is 0. The van der Waals surface area contributed by atoms with Gasteiger partial charge in [0.1, 0.15) is 11.6 Å². The van der Waals surface area contributed by atoms with Gasteiger partial charge in [0.25, 0.3) is 11.1 Å². The maximum absolute atomic E-state index is 13.1. The number of fused-ring (bicyclic) bond motifs is 2. The Balaban J connectivity index is 2.27. The Bertz CT molecular complexity index is 1340. The van der Waals surface area contributed by atoms with Crippen LogP contribution in [0.4, 0.5) is 11.6 Å². The first-order valence-electron chi connectivity index (χ1n) is 8.78. The van der Waals surface area contributed by atoms with E-state index in [1.165, 1.54) is 37.3 Å². The van der Waals surface area contributed by atoms with Crippen molar-refractivity contribution >= 4 is 23.2 Å². The summed E-state index contributed by atoms with van der Waals surface area (Å²) in [6, 6.07) is 6.88. The predicted molar refractivity (Wildman–Crippen MR) is 110 cm³/mol. The molecule has 3 aromatic rings. The van der Waals surface area contributed by atoms with Gasteiger partial charge in [-0.15, -0.1) is 0 Å². The van der Waals surface area contributed by atoms with Crippen molar-refractivity contribution < 1.29 is 0 Å². The molecule has 0 bridgehead atoms. The van der Waals surface area contributed by atoms with Crippen LogP contribution in [-0.4, -0.2) is 18.3 Å². The molecule has 0 unspecified atom stereocenters. The Hall–Kier alpha value is -3.33. The van der Waals surface area contributed by atoms with E-state index in [1.54, 1.807) is 24.3 Å². The van der Waals surface area contributed by atoms with Gasteiger partial charge in [-0.2, -0.15) is 0 Å². The molecule has 0 saturated heterocycles. The second kappa shape index (κ2) is 6.35. The van der Waals surface area contributed by atoms with Gasteiger partial charge in [0, 0.05) is 33.2 Å². The molecule has 0 amide bonds. The highest BCUT2D eigenvalue weighted by atomic mass is 35.5. The Labute approximate surface area is 169 Å². The van der Waals surface area contributed by atoms with Crippen molar-refractivity contribution in [3.05, 3.63) is 87.7 Å². The number of anilines is 2. The monoisotopic (exact) mass is 415 g/mol. The lowest BCUT2D eigenvalue weighted by Crippen LogP contribution is -2.47. The summed E-state index contributed by atoms with van der Waals surface area (Å²) in [7, 11) is 5.79. The number of nitrogens with zero attached hydrogens (tertiary/aromatic N) is 4. The third kappa shape index (κ3) is 2.47. The van der Waals surface area contributed by atoms with Crippen molar-refractivity contribution in [3.63, 3.8) is 0 Å². The van der Waals surface area contributed by atoms with Crippen LogP contribution >= 0.6 is 11.6 Å². The first kappa shape index (κ1) is 19.0. The van der Waals surface area contributed by atoms with Gasteiger partial charge in [-0.25, -0.2) is 9.59 Å². The van der Waals surface area contributed by atoms with Crippen LogP contribution < -0.4 is 27.8 Å². The van der Waals surface area contributed by atoms with E-state index < -0.39 is 28.4 Å². The number of halogens is 1. The molecular formula is C19H18ClN5O4. The minimum atomic E-state index is -0.856. The lowest BCUT2D eigenvalue weighted by atomic mass is 9.84. The van der Waals surface area contributed by atoms with Crippen molar-refractivity contribution in [3.8, 4) is 0 Å².